The van der Waals surface area contributed by atoms with Crippen molar-refractivity contribution in [3.8, 4) is 0 Å². The summed E-state index contributed by atoms with van der Waals surface area (Å²) in [7, 11) is 0. The molecule has 12 heavy (non-hydrogen) atoms. The fourth-order valence-corrected chi connectivity index (χ4v) is 0.751. The number of hydrogen-bond donors (Lipinski definition) is 0. The molecule has 0 aliphatic carbocycles. The van der Waals surface area contributed by atoms with Crippen molar-refractivity contribution in [3.63, 3.8) is 0 Å². The first kappa shape index (κ1) is 8.40. The molecule has 0 radical (unpaired) electrons. The number of carbonyl (C=O) groups is 1. The molecule has 1 rings (SSSR count). The largest absolute Gasteiger partial charge is 0.299 e. The van der Waals surface area contributed by atoms with Gasteiger partial charge >= 0.3 is 0 Å². The minimum Gasteiger partial charge on any atom is -0.299 e. The molecule has 0 bridgehead atoms. The number of aldehydes is 1. The van der Waals surface area contributed by atoms with Gasteiger partial charge in [0.15, 0.2) is 0 Å². The Morgan fingerprint density at radius 1 is 1.25 bits per heavy atom. The third-order valence-electron chi connectivity index (χ3n) is 1.27. The van der Waals surface area contributed by atoms with Gasteiger partial charge in [0, 0.05) is 12.4 Å². The van der Waals surface area contributed by atoms with Gasteiger partial charge in [-0.1, -0.05) is 24.3 Å². The van der Waals surface area contributed by atoms with Crippen molar-refractivity contribution in [3.05, 3.63) is 48.3 Å². The highest BCUT2D eigenvalue weighted by Gasteiger charge is 1.79. The number of nitrogens with zero attached hydrogens (tertiary/aromatic N) is 1. The van der Waals surface area contributed by atoms with Gasteiger partial charge in [-0.15, -0.1) is 0 Å². The smallest absolute Gasteiger partial charge is 0.142 e. The maximum absolute atomic E-state index is 9.88. The van der Waals surface area contributed by atoms with Crippen molar-refractivity contribution in [1.29, 1.82) is 0 Å². The van der Waals surface area contributed by atoms with Crippen molar-refractivity contribution in [1.82, 2.24) is 4.98 Å². The minimum atomic E-state index is 0.744. The normalized spacial score (nSPS) is 11.0. The molecule has 0 saturated carbocycles. The van der Waals surface area contributed by atoms with Gasteiger partial charge in [-0.3, -0.25) is 9.78 Å². The molecular formula is C10H9NO. The summed E-state index contributed by atoms with van der Waals surface area (Å²) in [5, 5.41) is 0. The number of hydrogen-bond acceptors (Lipinski definition) is 2. The van der Waals surface area contributed by atoms with E-state index in [4.69, 9.17) is 0 Å². The Morgan fingerprint density at radius 3 is 2.83 bits per heavy atom. The lowest BCUT2D eigenvalue weighted by molar-refractivity contribution is -0.104. The topological polar surface area (TPSA) is 30.0 Å². The van der Waals surface area contributed by atoms with E-state index in [-0.39, 0.29) is 0 Å². The van der Waals surface area contributed by atoms with E-state index >= 15 is 0 Å². The highest BCUT2D eigenvalue weighted by atomic mass is 16.1. The third kappa shape index (κ3) is 2.92. The number of aromatic nitrogens is 1. The van der Waals surface area contributed by atoms with Crippen molar-refractivity contribution in [2.45, 2.75) is 0 Å². The van der Waals surface area contributed by atoms with Crippen LogP contribution in [0.1, 0.15) is 5.56 Å². The maximum atomic E-state index is 9.88. The first-order valence-corrected chi connectivity index (χ1v) is 3.62. The predicted molar refractivity (Wildman–Crippen MR) is 48.5 cm³/mol. The van der Waals surface area contributed by atoms with Crippen LogP contribution in [0.3, 0.4) is 0 Å². The number of carbonyl (C=O) groups excluding carboxylic acids is 1. The predicted octanol–water partition coefficient (Wildman–Crippen LogP) is 1.85. The summed E-state index contributed by atoms with van der Waals surface area (Å²) in [6.07, 6.45) is 11.0. The van der Waals surface area contributed by atoms with E-state index in [2.05, 4.69) is 4.98 Å². The van der Waals surface area contributed by atoms with Gasteiger partial charge in [-0.2, -0.15) is 0 Å². The molecule has 2 heteroatoms. The minimum absolute atomic E-state index is 0.744. The van der Waals surface area contributed by atoms with Crippen LogP contribution in [0.15, 0.2) is 42.8 Å². The van der Waals surface area contributed by atoms with Gasteiger partial charge in [0.25, 0.3) is 0 Å². The van der Waals surface area contributed by atoms with Gasteiger partial charge in [-0.05, 0) is 17.7 Å². The zero-order chi connectivity index (χ0) is 8.65. The molecule has 0 N–H and O–H groups in total. The quantitative estimate of drug-likeness (QED) is 0.382. The second kappa shape index (κ2) is 5.02. The summed E-state index contributed by atoms with van der Waals surface area (Å²) in [4.78, 5) is 13.8. The van der Waals surface area contributed by atoms with Crippen molar-refractivity contribution >= 4 is 12.4 Å². The van der Waals surface area contributed by atoms with Crippen molar-refractivity contribution in [2.24, 2.45) is 0 Å². The van der Waals surface area contributed by atoms with Gasteiger partial charge in [0.1, 0.15) is 6.29 Å². The van der Waals surface area contributed by atoms with E-state index in [1.807, 2.05) is 18.2 Å². The van der Waals surface area contributed by atoms with Crippen molar-refractivity contribution in [2.75, 3.05) is 0 Å². The second-order valence-corrected chi connectivity index (χ2v) is 2.17. The monoisotopic (exact) mass is 159 g/mol. The summed E-state index contributed by atoms with van der Waals surface area (Å²) in [5.74, 6) is 0. The fraction of sp³-hybridized carbons (Fsp3) is 0. The Morgan fingerprint density at radius 2 is 2.17 bits per heavy atom. The Labute approximate surface area is 71.3 Å². The molecule has 0 unspecified atom stereocenters. The molecule has 0 saturated heterocycles. The van der Waals surface area contributed by atoms with E-state index in [0.29, 0.717) is 0 Å². The molecule has 1 heterocycles. The van der Waals surface area contributed by atoms with E-state index < -0.39 is 0 Å². The first-order chi connectivity index (χ1) is 5.93. The standard InChI is InChI=1S/C10H9NO/c12-8-3-1-2-5-10-6-4-7-11-9-10/h1-9H/b3-1+,5-2-. The molecule has 0 atom stereocenters. The van der Waals surface area contributed by atoms with Crippen LogP contribution in [0.25, 0.3) is 6.08 Å². The average Bonchev–Trinajstić information content (AvgIpc) is 2.14. The second-order valence-electron chi connectivity index (χ2n) is 2.17. The summed E-state index contributed by atoms with van der Waals surface area (Å²) in [6.45, 7) is 0. The van der Waals surface area contributed by atoms with Crippen molar-refractivity contribution < 1.29 is 4.79 Å². The molecule has 0 spiro atoms. The number of allylic oxidation sites excluding steroid dienone is 3. The van der Waals surface area contributed by atoms with Gasteiger partial charge < -0.3 is 0 Å². The molecule has 1 aromatic rings. The van der Waals surface area contributed by atoms with E-state index in [0.717, 1.165) is 11.8 Å². The highest BCUT2D eigenvalue weighted by Crippen LogP contribution is 1.97. The Bertz CT molecular complexity index is 288. The van der Waals surface area contributed by atoms with Crippen LogP contribution in [0.2, 0.25) is 0 Å². The molecule has 60 valence electrons. The summed E-state index contributed by atoms with van der Waals surface area (Å²) >= 11 is 0. The highest BCUT2D eigenvalue weighted by molar-refractivity contribution is 5.66. The lowest BCUT2D eigenvalue weighted by atomic mass is 10.2. The van der Waals surface area contributed by atoms with E-state index in [9.17, 15) is 4.79 Å². The Kier molecular flexibility index (Phi) is 3.51. The molecule has 0 amide bonds. The summed E-state index contributed by atoms with van der Waals surface area (Å²) in [6, 6.07) is 3.81. The molecule has 0 fully saturated rings. The first-order valence-electron chi connectivity index (χ1n) is 3.62. The van der Waals surface area contributed by atoms with Crippen LogP contribution >= 0.6 is 0 Å². The van der Waals surface area contributed by atoms with Gasteiger partial charge in [0.2, 0.25) is 0 Å². The molecule has 2 nitrogen and oxygen atoms in total. The van der Waals surface area contributed by atoms with Crippen LogP contribution in [-0.4, -0.2) is 11.3 Å². The number of rotatable bonds is 3. The van der Waals surface area contributed by atoms with Gasteiger partial charge in [0.05, 0.1) is 0 Å². The zero-order valence-corrected chi connectivity index (χ0v) is 6.55. The Balaban J connectivity index is 2.58. The van der Waals surface area contributed by atoms with E-state index in [1.165, 1.54) is 6.08 Å². The van der Waals surface area contributed by atoms with E-state index in [1.54, 1.807) is 24.5 Å². The lowest BCUT2D eigenvalue weighted by Gasteiger charge is -1.86. The average molecular weight is 159 g/mol. The van der Waals surface area contributed by atoms with Crippen LogP contribution in [0.5, 0.6) is 0 Å². The van der Waals surface area contributed by atoms with Crippen LogP contribution in [0.4, 0.5) is 0 Å². The zero-order valence-electron chi connectivity index (χ0n) is 6.55. The van der Waals surface area contributed by atoms with Gasteiger partial charge in [-0.25, -0.2) is 0 Å². The fourth-order valence-electron chi connectivity index (χ4n) is 0.751. The Hall–Kier alpha value is -1.70. The third-order valence-corrected chi connectivity index (χ3v) is 1.27. The lowest BCUT2D eigenvalue weighted by Crippen LogP contribution is -1.71. The summed E-state index contributed by atoms with van der Waals surface area (Å²) in [5.41, 5.74) is 1.02. The molecule has 0 aliphatic heterocycles. The molecule has 0 aromatic carbocycles. The van der Waals surface area contributed by atoms with Crippen LogP contribution in [0, 0.1) is 0 Å². The maximum Gasteiger partial charge on any atom is 0.142 e. The SMILES string of the molecule is O=C/C=C/C=C\c1cccnc1. The molecule has 0 aliphatic rings. The van der Waals surface area contributed by atoms with Crippen LogP contribution in [-0.2, 0) is 4.79 Å². The molecule has 1 aromatic heterocycles. The number of pyridine rings is 1. The summed E-state index contributed by atoms with van der Waals surface area (Å²) < 4.78 is 0. The van der Waals surface area contributed by atoms with Crippen LogP contribution < -0.4 is 0 Å². The molecular weight excluding hydrogens is 150 g/mol.